The molecule has 16 heavy (non-hydrogen) atoms. The van der Waals surface area contributed by atoms with E-state index in [1.54, 1.807) is 6.07 Å². The van der Waals surface area contributed by atoms with Crippen molar-refractivity contribution in [3.05, 3.63) is 18.2 Å². The number of phenolic OH excluding ortho intramolecular Hbond substituents is 1. The number of nitrogens with one attached hydrogen (secondary N) is 1. The van der Waals surface area contributed by atoms with Crippen LogP contribution < -0.4 is 10.2 Å². The van der Waals surface area contributed by atoms with E-state index in [1.165, 1.54) is 0 Å². The number of likely N-dealkylation sites (N-methyl/N-ethyl adjacent to an activating group) is 1. The maximum Gasteiger partial charge on any atom is 0.140 e. The topological polar surface area (TPSA) is 38.7 Å². The number of aromatic hydroxyl groups is 1. The number of anilines is 2. The molecule has 1 saturated heterocycles. The normalized spacial score (nSPS) is 16.8. The minimum absolute atomic E-state index is 0.355. The fourth-order valence-electron chi connectivity index (χ4n) is 2.03. The zero-order chi connectivity index (χ0) is 11.5. The average Bonchev–Trinajstić information content (AvgIpc) is 2.65. The molecule has 1 fully saturated rings. The molecule has 0 radical (unpaired) electrons. The predicted octanol–water partition coefficient (Wildman–Crippen LogP) is 1.53. The molecule has 0 atom stereocenters. The van der Waals surface area contributed by atoms with Crippen LogP contribution in [-0.2, 0) is 0 Å². The molecule has 4 nitrogen and oxygen atoms in total. The Labute approximate surface area is 96.5 Å². The van der Waals surface area contributed by atoms with Gasteiger partial charge >= 0.3 is 0 Å². The van der Waals surface area contributed by atoms with E-state index in [9.17, 15) is 5.11 Å². The van der Waals surface area contributed by atoms with E-state index in [4.69, 9.17) is 0 Å². The molecule has 88 valence electrons. The molecule has 0 unspecified atom stereocenters. The van der Waals surface area contributed by atoms with Crippen LogP contribution in [0.25, 0.3) is 0 Å². The predicted molar refractivity (Wildman–Crippen MR) is 67.1 cm³/mol. The van der Waals surface area contributed by atoms with Crippen LogP contribution in [0.15, 0.2) is 18.2 Å². The van der Waals surface area contributed by atoms with Crippen molar-refractivity contribution in [3.63, 3.8) is 0 Å². The minimum Gasteiger partial charge on any atom is -0.506 e. The van der Waals surface area contributed by atoms with E-state index in [1.807, 2.05) is 19.1 Å². The molecule has 2 N–H and O–H groups in total. The second-order valence-corrected chi connectivity index (χ2v) is 4.22. The van der Waals surface area contributed by atoms with Crippen molar-refractivity contribution < 1.29 is 5.11 Å². The van der Waals surface area contributed by atoms with Gasteiger partial charge in [-0.25, -0.2) is 0 Å². The Balaban J connectivity index is 2.16. The lowest BCUT2D eigenvalue weighted by molar-refractivity contribution is 0.419. The summed E-state index contributed by atoms with van der Waals surface area (Å²) in [7, 11) is 2.09. The van der Waals surface area contributed by atoms with Crippen LogP contribution in [0.4, 0.5) is 11.4 Å². The van der Waals surface area contributed by atoms with Gasteiger partial charge in [0.05, 0.1) is 12.4 Å². The zero-order valence-electron chi connectivity index (χ0n) is 9.90. The standard InChI is InChI=1S/C12H19N3O/c1-3-13-10-4-5-11(12(16)8-10)15-7-6-14(2)9-15/h4-5,8,13,16H,3,6-7,9H2,1-2H3. The van der Waals surface area contributed by atoms with E-state index in [-0.39, 0.29) is 0 Å². The summed E-state index contributed by atoms with van der Waals surface area (Å²) < 4.78 is 0. The molecule has 0 saturated carbocycles. The lowest BCUT2D eigenvalue weighted by atomic mass is 10.2. The van der Waals surface area contributed by atoms with Gasteiger partial charge in [-0.2, -0.15) is 0 Å². The molecule has 1 aliphatic heterocycles. The third kappa shape index (κ3) is 2.22. The quantitative estimate of drug-likeness (QED) is 0.812. The van der Waals surface area contributed by atoms with Gasteiger partial charge in [0.25, 0.3) is 0 Å². The van der Waals surface area contributed by atoms with Crippen LogP contribution in [0.5, 0.6) is 5.75 Å². The first-order valence-electron chi connectivity index (χ1n) is 5.71. The third-order valence-electron chi connectivity index (χ3n) is 2.86. The van der Waals surface area contributed by atoms with Crippen molar-refractivity contribution in [2.75, 3.05) is 43.6 Å². The minimum atomic E-state index is 0.355. The highest BCUT2D eigenvalue weighted by Gasteiger charge is 2.19. The van der Waals surface area contributed by atoms with Crippen molar-refractivity contribution in [3.8, 4) is 5.75 Å². The van der Waals surface area contributed by atoms with Gasteiger partial charge in [-0.05, 0) is 26.1 Å². The van der Waals surface area contributed by atoms with E-state index < -0.39 is 0 Å². The van der Waals surface area contributed by atoms with Gasteiger partial charge in [-0.3, -0.25) is 4.90 Å². The van der Waals surface area contributed by atoms with Crippen molar-refractivity contribution in [2.45, 2.75) is 6.92 Å². The molecule has 0 aliphatic carbocycles. The highest BCUT2D eigenvalue weighted by Crippen LogP contribution is 2.31. The first-order chi connectivity index (χ1) is 7.70. The molecule has 4 heteroatoms. The summed E-state index contributed by atoms with van der Waals surface area (Å²) in [5.41, 5.74) is 1.89. The largest absolute Gasteiger partial charge is 0.506 e. The summed E-state index contributed by atoms with van der Waals surface area (Å²) in [6, 6.07) is 5.78. The summed E-state index contributed by atoms with van der Waals surface area (Å²) in [4.78, 5) is 4.42. The Morgan fingerprint density at radius 3 is 2.75 bits per heavy atom. The van der Waals surface area contributed by atoms with E-state index in [2.05, 4.69) is 22.2 Å². The SMILES string of the molecule is CCNc1ccc(N2CCN(C)C2)c(O)c1. The Morgan fingerprint density at radius 1 is 1.38 bits per heavy atom. The maximum atomic E-state index is 9.96. The van der Waals surface area contributed by atoms with Gasteiger partial charge in [0.1, 0.15) is 5.75 Å². The highest BCUT2D eigenvalue weighted by atomic mass is 16.3. The van der Waals surface area contributed by atoms with Crippen LogP contribution in [0.2, 0.25) is 0 Å². The molecule has 2 rings (SSSR count). The number of hydrogen-bond acceptors (Lipinski definition) is 4. The summed E-state index contributed by atoms with van der Waals surface area (Å²) in [5.74, 6) is 0.355. The number of benzene rings is 1. The fourth-order valence-corrected chi connectivity index (χ4v) is 2.03. The highest BCUT2D eigenvalue weighted by molar-refractivity contribution is 5.64. The first-order valence-corrected chi connectivity index (χ1v) is 5.71. The molecule has 0 spiro atoms. The van der Waals surface area contributed by atoms with Crippen LogP contribution in [-0.4, -0.2) is 43.4 Å². The molecular formula is C12H19N3O. The fraction of sp³-hybridized carbons (Fsp3) is 0.500. The van der Waals surface area contributed by atoms with Gasteiger partial charge in [0.15, 0.2) is 0 Å². The first kappa shape index (κ1) is 11.1. The Morgan fingerprint density at radius 2 is 2.19 bits per heavy atom. The van der Waals surface area contributed by atoms with Crippen molar-refractivity contribution in [1.29, 1.82) is 0 Å². The van der Waals surface area contributed by atoms with E-state index in [0.717, 1.165) is 37.7 Å². The van der Waals surface area contributed by atoms with Crippen molar-refractivity contribution in [2.24, 2.45) is 0 Å². The van der Waals surface area contributed by atoms with E-state index >= 15 is 0 Å². The van der Waals surface area contributed by atoms with Crippen molar-refractivity contribution in [1.82, 2.24) is 4.90 Å². The number of phenols is 1. The third-order valence-corrected chi connectivity index (χ3v) is 2.86. The lowest BCUT2D eigenvalue weighted by Gasteiger charge is -2.19. The smallest absolute Gasteiger partial charge is 0.140 e. The molecular weight excluding hydrogens is 202 g/mol. The number of nitrogens with zero attached hydrogens (tertiary/aromatic N) is 2. The molecule has 0 bridgehead atoms. The molecule has 1 aromatic carbocycles. The number of hydrogen-bond donors (Lipinski definition) is 2. The Kier molecular flexibility index (Phi) is 3.19. The van der Waals surface area contributed by atoms with Crippen molar-refractivity contribution >= 4 is 11.4 Å². The van der Waals surface area contributed by atoms with Gasteiger partial charge in [-0.1, -0.05) is 0 Å². The summed E-state index contributed by atoms with van der Waals surface area (Å²) >= 11 is 0. The lowest BCUT2D eigenvalue weighted by Crippen LogP contribution is -2.22. The van der Waals surface area contributed by atoms with Crippen LogP contribution in [0, 0.1) is 0 Å². The molecule has 1 aromatic rings. The zero-order valence-corrected chi connectivity index (χ0v) is 9.90. The number of rotatable bonds is 3. The van der Waals surface area contributed by atoms with Gasteiger partial charge in [0, 0.05) is 31.4 Å². The maximum absolute atomic E-state index is 9.96. The van der Waals surface area contributed by atoms with Crippen LogP contribution >= 0.6 is 0 Å². The van der Waals surface area contributed by atoms with Crippen LogP contribution in [0.1, 0.15) is 6.92 Å². The Hall–Kier alpha value is -1.42. The second kappa shape index (κ2) is 4.61. The average molecular weight is 221 g/mol. The van der Waals surface area contributed by atoms with Gasteiger partial charge < -0.3 is 15.3 Å². The summed E-state index contributed by atoms with van der Waals surface area (Å²) in [6.07, 6.45) is 0. The molecule has 0 aromatic heterocycles. The molecule has 0 amide bonds. The van der Waals surface area contributed by atoms with Gasteiger partial charge in [-0.15, -0.1) is 0 Å². The Bertz CT molecular complexity index is 367. The monoisotopic (exact) mass is 221 g/mol. The summed E-state index contributed by atoms with van der Waals surface area (Å²) in [6.45, 7) is 5.82. The molecule has 1 heterocycles. The van der Waals surface area contributed by atoms with E-state index in [0.29, 0.717) is 5.75 Å². The summed E-state index contributed by atoms with van der Waals surface area (Å²) in [5, 5.41) is 13.2. The van der Waals surface area contributed by atoms with Crippen LogP contribution in [0.3, 0.4) is 0 Å². The second-order valence-electron chi connectivity index (χ2n) is 4.22. The molecule has 1 aliphatic rings. The van der Waals surface area contributed by atoms with Gasteiger partial charge in [0.2, 0.25) is 0 Å².